The summed E-state index contributed by atoms with van der Waals surface area (Å²) >= 11 is 0. The fraction of sp³-hybridized carbons (Fsp3) is 0.692. The summed E-state index contributed by atoms with van der Waals surface area (Å²) in [6.07, 6.45) is 16.7. The van der Waals surface area contributed by atoms with E-state index in [1.165, 1.54) is 32.1 Å². The summed E-state index contributed by atoms with van der Waals surface area (Å²) in [5, 5.41) is 0. The molecule has 0 aromatic carbocycles. The number of allylic oxidation sites excluding steroid dienone is 4. The predicted octanol–water partition coefficient (Wildman–Crippen LogP) is 3.95. The van der Waals surface area contributed by atoms with Gasteiger partial charge in [-0.3, -0.25) is 0 Å². The fourth-order valence-corrected chi connectivity index (χ4v) is 2.66. The van der Waals surface area contributed by atoms with Gasteiger partial charge >= 0.3 is 0 Å². The lowest BCUT2D eigenvalue weighted by Gasteiger charge is -2.15. The Labute approximate surface area is 81.7 Å². The van der Waals surface area contributed by atoms with E-state index in [0.29, 0.717) is 0 Å². The highest BCUT2D eigenvalue weighted by Gasteiger charge is 2.32. The molecule has 13 heavy (non-hydrogen) atoms. The summed E-state index contributed by atoms with van der Waals surface area (Å²) in [5.74, 6) is 2.54. The molecule has 0 fully saturated rings. The maximum absolute atomic E-state index is 2.40. The maximum Gasteiger partial charge on any atom is -0.00162 e. The summed E-state index contributed by atoms with van der Waals surface area (Å²) in [6.45, 7) is 2.28. The Bertz CT molecular complexity index is 182. The van der Waals surface area contributed by atoms with E-state index in [-0.39, 0.29) is 0 Å². The molecule has 0 N–H and O–H groups in total. The van der Waals surface area contributed by atoms with Crippen molar-refractivity contribution in [2.75, 3.05) is 0 Å². The van der Waals surface area contributed by atoms with E-state index in [4.69, 9.17) is 0 Å². The second-order valence-electron chi connectivity index (χ2n) is 4.44. The SMILES string of the molecule is CCCCCCC1C2C=CC1C=C2. The van der Waals surface area contributed by atoms with Crippen LogP contribution >= 0.6 is 0 Å². The number of unbranched alkanes of at least 4 members (excludes halogenated alkanes) is 3. The van der Waals surface area contributed by atoms with Crippen LogP contribution in [0.15, 0.2) is 24.3 Å². The molecule has 72 valence electrons. The topological polar surface area (TPSA) is 0 Å². The van der Waals surface area contributed by atoms with E-state index in [9.17, 15) is 0 Å². The van der Waals surface area contributed by atoms with Gasteiger partial charge in [0, 0.05) is 0 Å². The molecule has 0 radical (unpaired) electrons. The molecule has 2 bridgehead atoms. The van der Waals surface area contributed by atoms with Gasteiger partial charge < -0.3 is 0 Å². The largest absolute Gasteiger partial charge is 0.0807 e. The van der Waals surface area contributed by atoms with E-state index in [1.54, 1.807) is 0 Å². The van der Waals surface area contributed by atoms with Crippen LogP contribution in [0.25, 0.3) is 0 Å². The molecule has 0 amide bonds. The maximum atomic E-state index is 2.40. The molecule has 0 unspecified atom stereocenters. The van der Waals surface area contributed by atoms with Crippen molar-refractivity contribution in [1.29, 1.82) is 0 Å². The van der Waals surface area contributed by atoms with Crippen molar-refractivity contribution in [3.8, 4) is 0 Å². The molecular weight excluding hydrogens is 156 g/mol. The van der Waals surface area contributed by atoms with Crippen molar-refractivity contribution >= 4 is 0 Å². The lowest BCUT2D eigenvalue weighted by molar-refractivity contribution is 0.397. The van der Waals surface area contributed by atoms with Gasteiger partial charge in [-0.2, -0.15) is 0 Å². The van der Waals surface area contributed by atoms with Crippen LogP contribution < -0.4 is 0 Å². The number of fused-ring (bicyclic) bond motifs is 2. The van der Waals surface area contributed by atoms with Crippen LogP contribution in [-0.2, 0) is 0 Å². The van der Waals surface area contributed by atoms with Crippen LogP contribution in [0.3, 0.4) is 0 Å². The van der Waals surface area contributed by atoms with Gasteiger partial charge in [-0.05, 0) is 24.2 Å². The highest BCUT2D eigenvalue weighted by atomic mass is 14.4. The Morgan fingerprint density at radius 2 is 1.46 bits per heavy atom. The van der Waals surface area contributed by atoms with Gasteiger partial charge in [0.1, 0.15) is 0 Å². The number of rotatable bonds is 5. The van der Waals surface area contributed by atoms with Gasteiger partial charge in [-0.25, -0.2) is 0 Å². The molecule has 0 saturated carbocycles. The zero-order valence-electron chi connectivity index (χ0n) is 8.58. The first-order chi connectivity index (χ1) is 6.42. The van der Waals surface area contributed by atoms with Gasteiger partial charge in [0.2, 0.25) is 0 Å². The van der Waals surface area contributed by atoms with Gasteiger partial charge in [0.15, 0.2) is 0 Å². The molecule has 0 nitrogen and oxygen atoms in total. The molecule has 0 aromatic rings. The molecule has 0 heterocycles. The van der Waals surface area contributed by atoms with E-state index in [0.717, 1.165) is 17.8 Å². The highest BCUT2D eigenvalue weighted by molar-refractivity contribution is 5.24. The molecule has 0 spiro atoms. The summed E-state index contributed by atoms with van der Waals surface area (Å²) in [6, 6.07) is 0. The van der Waals surface area contributed by atoms with Crippen LogP contribution in [0, 0.1) is 17.8 Å². The molecule has 2 aliphatic rings. The van der Waals surface area contributed by atoms with Crippen molar-refractivity contribution in [3.05, 3.63) is 24.3 Å². The van der Waals surface area contributed by atoms with Crippen LogP contribution in [0.2, 0.25) is 0 Å². The average Bonchev–Trinajstić information content (AvgIpc) is 2.72. The van der Waals surface area contributed by atoms with Crippen molar-refractivity contribution in [3.63, 3.8) is 0 Å². The standard InChI is InChI=1S/C13H20/c1-2-3-4-5-6-13-11-7-8-12(13)10-9-11/h7-13H,2-6H2,1H3. The normalized spacial score (nSPS) is 34.7. The number of hydrogen-bond donors (Lipinski definition) is 0. The van der Waals surface area contributed by atoms with Crippen LogP contribution in [0.4, 0.5) is 0 Å². The zero-order valence-corrected chi connectivity index (χ0v) is 8.58. The van der Waals surface area contributed by atoms with Crippen molar-refractivity contribution in [1.82, 2.24) is 0 Å². The third-order valence-electron chi connectivity index (χ3n) is 3.49. The highest BCUT2D eigenvalue weighted by Crippen LogP contribution is 2.41. The van der Waals surface area contributed by atoms with Crippen LogP contribution in [-0.4, -0.2) is 0 Å². The van der Waals surface area contributed by atoms with E-state index in [1.807, 2.05) is 0 Å². The summed E-state index contributed by atoms with van der Waals surface area (Å²) in [5.41, 5.74) is 0. The Hall–Kier alpha value is -0.520. The second kappa shape index (κ2) is 4.13. The summed E-state index contributed by atoms with van der Waals surface area (Å²) < 4.78 is 0. The number of hydrogen-bond acceptors (Lipinski definition) is 0. The van der Waals surface area contributed by atoms with Gasteiger partial charge in [0.05, 0.1) is 0 Å². The Morgan fingerprint density at radius 1 is 0.846 bits per heavy atom. The van der Waals surface area contributed by atoms with E-state index >= 15 is 0 Å². The molecule has 2 aliphatic carbocycles. The molecule has 0 aliphatic heterocycles. The third-order valence-corrected chi connectivity index (χ3v) is 3.49. The first-order valence-electron chi connectivity index (χ1n) is 5.78. The Balaban J connectivity index is 1.67. The zero-order chi connectivity index (χ0) is 9.10. The lowest BCUT2D eigenvalue weighted by Crippen LogP contribution is -2.07. The molecule has 0 aromatic heterocycles. The predicted molar refractivity (Wildman–Crippen MR) is 57.5 cm³/mol. The van der Waals surface area contributed by atoms with E-state index < -0.39 is 0 Å². The minimum atomic E-state index is 0.798. The molecule has 0 saturated heterocycles. The minimum absolute atomic E-state index is 0.798. The van der Waals surface area contributed by atoms with Crippen molar-refractivity contribution < 1.29 is 0 Å². The van der Waals surface area contributed by atoms with Gasteiger partial charge in [-0.15, -0.1) is 0 Å². The average molecular weight is 176 g/mol. The first kappa shape index (κ1) is 9.05. The summed E-state index contributed by atoms with van der Waals surface area (Å²) in [7, 11) is 0. The lowest BCUT2D eigenvalue weighted by atomic mass is 9.89. The van der Waals surface area contributed by atoms with Gasteiger partial charge in [0.25, 0.3) is 0 Å². The van der Waals surface area contributed by atoms with E-state index in [2.05, 4.69) is 31.2 Å². The summed E-state index contributed by atoms with van der Waals surface area (Å²) in [4.78, 5) is 0. The van der Waals surface area contributed by atoms with Crippen LogP contribution in [0.1, 0.15) is 39.0 Å². The van der Waals surface area contributed by atoms with Gasteiger partial charge in [-0.1, -0.05) is 56.9 Å². The monoisotopic (exact) mass is 176 g/mol. The quantitative estimate of drug-likeness (QED) is 0.439. The molecule has 0 atom stereocenters. The Kier molecular flexibility index (Phi) is 2.87. The fourth-order valence-electron chi connectivity index (χ4n) is 2.66. The molecule has 2 rings (SSSR count). The molecular formula is C13H20. The second-order valence-corrected chi connectivity index (χ2v) is 4.44. The first-order valence-corrected chi connectivity index (χ1v) is 5.78. The van der Waals surface area contributed by atoms with Crippen molar-refractivity contribution in [2.24, 2.45) is 17.8 Å². The minimum Gasteiger partial charge on any atom is -0.0807 e. The third kappa shape index (κ3) is 1.87. The Morgan fingerprint density at radius 3 is 2.00 bits per heavy atom. The van der Waals surface area contributed by atoms with Crippen molar-refractivity contribution in [2.45, 2.75) is 39.0 Å². The van der Waals surface area contributed by atoms with Crippen LogP contribution in [0.5, 0.6) is 0 Å². The molecule has 0 heteroatoms. The smallest absolute Gasteiger partial charge is 0.00162 e.